The lowest BCUT2D eigenvalue weighted by Gasteiger charge is -2.26. The van der Waals surface area contributed by atoms with E-state index in [1.165, 1.54) is 132 Å². The third kappa shape index (κ3) is 4.27. The van der Waals surface area contributed by atoms with Gasteiger partial charge < -0.3 is 9.13 Å². The Morgan fingerprint density at radius 3 is 1.08 bits per heavy atom. The van der Waals surface area contributed by atoms with Gasteiger partial charge in [0.25, 0.3) is 0 Å². The number of nitrogens with zero attached hydrogens (tertiary/aromatic N) is 2. The van der Waals surface area contributed by atoms with Crippen molar-refractivity contribution in [1.82, 2.24) is 9.13 Å². The molecule has 60 heavy (non-hydrogen) atoms. The van der Waals surface area contributed by atoms with Crippen molar-refractivity contribution in [1.29, 1.82) is 0 Å². The topological polar surface area (TPSA) is 9.86 Å². The highest BCUT2D eigenvalue weighted by Crippen LogP contribution is 2.52. The highest BCUT2D eigenvalue weighted by molar-refractivity contribution is 6.32. The molecule has 0 fully saturated rings. The molecular formula is C58H34N2. The van der Waals surface area contributed by atoms with E-state index in [1.807, 2.05) is 0 Å². The minimum Gasteiger partial charge on any atom is -0.309 e. The Morgan fingerprint density at radius 2 is 0.617 bits per heavy atom. The maximum absolute atomic E-state index is 2.49. The number of aromatic nitrogens is 2. The average molecular weight is 759 g/mol. The monoisotopic (exact) mass is 758 g/mol. The number of benzene rings is 11. The Kier molecular flexibility index (Phi) is 6.32. The van der Waals surface area contributed by atoms with Crippen LogP contribution in [0.15, 0.2) is 206 Å². The molecule has 2 heteroatoms. The molecule has 2 heterocycles. The van der Waals surface area contributed by atoms with E-state index >= 15 is 0 Å². The van der Waals surface area contributed by atoms with Gasteiger partial charge in [-0.25, -0.2) is 0 Å². The molecule has 0 saturated heterocycles. The molecule has 0 spiro atoms. The van der Waals surface area contributed by atoms with Gasteiger partial charge in [-0.1, -0.05) is 133 Å². The van der Waals surface area contributed by atoms with Crippen LogP contribution < -0.4 is 0 Å². The summed E-state index contributed by atoms with van der Waals surface area (Å²) in [5.74, 6) is 0. The Labute approximate surface area is 345 Å². The van der Waals surface area contributed by atoms with Gasteiger partial charge in [-0.2, -0.15) is 0 Å². The smallest absolute Gasteiger partial charge is 0.0547 e. The first-order chi connectivity index (χ1) is 29.8. The van der Waals surface area contributed by atoms with Crippen LogP contribution in [0.3, 0.4) is 0 Å². The largest absolute Gasteiger partial charge is 0.309 e. The lowest BCUT2D eigenvalue weighted by Crippen LogP contribution is -2.00. The molecule has 2 aromatic heterocycles. The quantitative estimate of drug-likeness (QED) is 0.158. The molecule has 14 rings (SSSR count). The zero-order valence-electron chi connectivity index (χ0n) is 32.5. The van der Waals surface area contributed by atoms with Crippen molar-refractivity contribution in [2.75, 3.05) is 0 Å². The van der Waals surface area contributed by atoms with Gasteiger partial charge in [-0.05, 0) is 150 Å². The number of hydrogen-bond acceptors (Lipinski definition) is 0. The minimum atomic E-state index is 1.18. The summed E-state index contributed by atoms with van der Waals surface area (Å²) in [5.41, 5.74) is 17.7. The van der Waals surface area contributed by atoms with Crippen molar-refractivity contribution < 1.29 is 0 Å². The molecule has 0 atom stereocenters. The van der Waals surface area contributed by atoms with Crippen LogP contribution in [0.4, 0.5) is 0 Å². The van der Waals surface area contributed by atoms with Gasteiger partial charge in [0, 0.05) is 32.9 Å². The Balaban J connectivity index is 0.939. The molecule has 13 aromatic rings. The minimum absolute atomic E-state index is 1.18. The first-order valence-corrected chi connectivity index (χ1v) is 20.8. The van der Waals surface area contributed by atoms with Crippen molar-refractivity contribution in [2.24, 2.45) is 0 Å². The Morgan fingerprint density at radius 1 is 0.250 bits per heavy atom. The first-order valence-electron chi connectivity index (χ1n) is 20.8. The van der Waals surface area contributed by atoms with E-state index in [2.05, 4.69) is 215 Å². The van der Waals surface area contributed by atoms with Gasteiger partial charge in [0.15, 0.2) is 0 Å². The predicted molar refractivity (Wildman–Crippen MR) is 254 cm³/mol. The fourth-order valence-corrected chi connectivity index (χ4v) is 10.8. The molecule has 0 N–H and O–H groups in total. The van der Waals surface area contributed by atoms with Crippen molar-refractivity contribution in [3.63, 3.8) is 0 Å². The number of fused-ring (bicyclic) bond motifs is 9. The standard InChI is InChI=1S/C58H34N2/c1-3-13-35(14-4-1)55-45-19-11-23-53-57(45)58-46(56(55)36-15-5-2-6-16-36)20-12-24-54(58)60(53)42-28-26-38-32-48-47-31-37-25-27-41(29-39(37)33-49(47)50(48)34-40(38)30-42)59-51-21-9-7-17-43(51)44-18-8-10-22-52(44)59/h1-34H. The van der Waals surface area contributed by atoms with Gasteiger partial charge in [0.05, 0.1) is 22.1 Å². The van der Waals surface area contributed by atoms with Gasteiger partial charge in [-0.15, -0.1) is 0 Å². The second-order valence-corrected chi connectivity index (χ2v) is 16.4. The van der Waals surface area contributed by atoms with Crippen LogP contribution in [0, 0.1) is 0 Å². The third-order valence-electron chi connectivity index (χ3n) is 13.3. The summed E-state index contributed by atoms with van der Waals surface area (Å²) < 4.78 is 4.90. The number of hydrogen-bond donors (Lipinski definition) is 0. The second kappa shape index (κ2) is 11.8. The van der Waals surface area contributed by atoms with Crippen LogP contribution in [0.25, 0.3) is 132 Å². The second-order valence-electron chi connectivity index (χ2n) is 16.4. The molecule has 0 unspecified atom stereocenters. The van der Waals surface area contributed by atoms with Crippen LogP contribution in [-0.2, 0) is 0 Å². The SMILES string of the molecule is c1ccc(-c2c(-c3ccccc3)c3cccc4c3c3c2cccc3n4-c2ccc3cc4c(cc3c2)-c2cc3cc(-n5c6ccccc6c6ccccc65)ccc3cc2-4)cc1. The van der Waals surface area contributed by atoms with Gasteiger partial charge in [0.1, 0.15) is 0 Å². The normalized spacial score (nSPS) is 12.3. The lowest BCUT2D eigenvalue weighted by atomic mass is 9.78. The summed E-state index contributed by atoms with van der Waals surface area (Å²) in [6.45, 7) is 0. The van der Waals surface area contributed by atoms with Crippen LogP contribution in [0.5, 0.6) is 0 Å². The molecule has 0 aliphatic heterocycles. The number of para-hydroxylation sites is 2. The maximum atomic E-state index is 2.49. The summed E-state index contributed by atoms with van der Waals surface area (Å²) >= 11 is 0. The van der Waals surface area contributed by atoms with Crippen LogP contribution in [-0.4, -0.2) is 9.13 Å². The fourth-order valence-electron chi connectivity index (χ4n) is 10.8. The molecule has 276 valence electrons. The van der Waals surface area contributed by atoms with Gasteiger partial charge in [-0.3, -0.25) is 0 Å². The van der Waals surface area contributed by atoms with E-state index in [0.717, 1.165) is 0 Å². The Bertz CT molecular complexity index is 3760. The van der Waals surface area contributed by atoms with E-state index in [9.17, 15) is 0 Å². The molecule has 0 amide bonds. The summed E-state index contributed by atoms with van der Waals surface area (Å²) in [5, 5.41) is 12.8. The molecule has 0 bridgehead atoms. The number of rotatable bonds is 4. The van der Waals surface area contributed by atoms with Crippen molar-refractivity contribution >= 4 is 75.9 Å². The maximum Gasteiger partial charge on any atom is 0.0547 e. The molecular weight excluding hydrogens is 725 g/mol. The summed E-state index contributed by atoms with van der Waals surface area (Å²) in [6.07, 6.45) is 0. The van der Waals surface area contributed by atoms with E-state index < -0.39 is 0 Å². The van der Waals surface area contributed by atoms with Crippen LogP contribution in [0.1, 0.15) is 0 Å². The summed E-state index contributed by atoms with van der Waals surface area (Å²) in [7, 11) is 0. The molecule has 2 nitrogen and oxygen atoms in total. The molecule has 1 aliphatic rings. The van der Waals surface area contributed by atoms with E-state index in [0.29, 0.717) is 0 Å². The molecule has 0 radical (unpaired) electrons. The Hall–Kier alpha value is -7.94. The third-order valence-corrected chi connectivity index (χ3v) is 13.3. The van der Waals surface area contributed by atoms with Crippen molar-refractivity contribution in [3.8, 4) is 55.9 Å². The van der Waals surface area contributed by atoms with E-state index in [-0.39, 0.29) is 0 Å². The first kappa shape index (κ1) is 32.1. The highest BCUT2D eigenvalue weighted by Gasteiger charge is 2.26. The molecule has 0 saturated carbocycles. The van der Waals surface area contributed by atoms with E-state index in [1.54, 1.807) is 0 Å². The molecule has 1 aliphatic carbocycles. The fraction of sp³-hybridized carbons (Fsp3) is 0. The summed E-state index contributed by atoms with van der Waals surface area (Å²) in [6, 6.07) is 76.6. The van der Waals surface area contributed by atoms with Crippen LogP contribution in [0.2, 0.25) is 0 Å². The summed E-state index contributed by atoms with van der Waals surface area (Å²) in [4.78, 5) is 0. The predicted octanol–water partition coefficient (Wildman–Crippen LogP) is 15.8. The highest BCUT2D eigenvalue weighted by atomic mass is 15.0. The average Bonchev–Trinajstić information content (AvgIpc) is 3.84. The zero-order chi connectivity index (χ0) is 39.1. The van der Waals surface area contributed by atoms with Crippen LogP contribution >= 0.6 is 0 Å². The van der Waals surface area contributed by atoms with Crippen molar-refractivity contribution in [2.45, 2.75) is 0 Å². The lowest BCUT2D eigenvalue weighted by molar-refractivity contribution is 1.19. The zero-order valence-corrected chi connectivity index (χ0v) is 32.5. The van der Waals surface area contributed by atoms with Crippen molar-refractivity contribution in [3.05, 3.63) is 206 Å². The van der Waals surface area contributed by atoms with Gasteiger partial charge in [0.2, 0.25) is 0 Å². The van der Waals surface area contributed by atoms with E-state index in [4.69, 9.17) is 0 Å². The van der Waals surface area contributed by atoms with Gasteiger partial charge >= 0.3 is 0 Å². The molecule has 11 aromatic carbocycles.